The lowest BCUT2D eigenvalue weighted by Crippen LogP contribution is -2.29. The minimum absolute atomic E-state index is 0.0401. The molecule has 0 saturated carbocycles. The Hall–Kier alpha value is -3.58. The zero-order valence-electron chi connectivity index (χ0n) is 20.6. The zero-order valence-corrected chi connectivity index (χ0v) is 22.2. The Balaban J connectivity index is 1.89. The zero-order chi connectivity index (χ0) is 26.0. The number of aliphatic hydroxyl groups excluding tert-OH is 1. The number of amides is 1. The Kier molecular flexibility index (Phi) is 7.50. The van der Waals surface area contributed by atoms with E-state index in [1.165, 1.54) is 4.90 Å². The summed E-state index contributed by atoms with van der Waals surface area (Å²) < 4.78 is 12.2. The lowest BCUT2D eigenvalue weighted by Gasteiger charge is -2.26. The first-order valence-corrected chi connectivity index (χ1v) is 12.4. The van der Waals surface area contributed by atoms with Gasteiger partial charge in [0.25, 0.3) is 11.7 Å². The molecule has 0 radical (unpaired) electrons. The fraction of sp³-hybridized carbons (Fsp3) is 0.241. The van der Waals surface area contributed by atoms with Crippen LogP contribution in [0.25, 0.3) is 5.76 Å². The summed E-state index contributed by atoms with van der Waals surface area (Å²) in [5.74, 6) is -0.408. The second kappa shape index (κ2) is 10.6. The molecule has 1 fully saturated rings. The number of ether oxygens (including phenoxy) is 2. The number of carbonyl (C=O) groups is 2. The highest BCUT2D eigenvalue weighted by atomic mass is 79.9. The summed E-state index contributed by atoms with van der Waals surface area (Å²) in [6.07, 6.45) is -0.0501. The molecule has 1 saturated heterocycles. The molecule has 1 aliphatic rings. The minimum atomic E-state index is -0.811. The molecule has 4 rings (SSSR count). The highest BCUT2D eigenvalue weighted by Crippen LogP contribution is 2.42. The van der Waals surface area contributed by atoms with Crippen LogP contribution in [-0.4, -0.2) is 34.9 Å². The summed E-state index contributed by atoms with van der Waals surface area (Å²) in [7, 11) is 1.56. The Morgan fingerprint density at radius 3 is 2.50 bits per heavy atom. The van der Waals surface area contributed by atoms with Crippen molar-refractivity contribution in [2.24, 2.45) is 0 Å². The molecule has 3 aromatic rings. The summed E-state index contributed by atoms with van der Waals surface area (Å²) in [4.78, 5) is 28.2. The van der Waals surface area contributed by atoms with Crippen molar-refractivity contribution >= 4 is 33.4 Å². The van der Waals surface area contributed by atoms with Crippen molar-refractivity contribution in [2.45, 2.75) is 39.5 Å². The molecule has 1 aliphatic heterocycles. The van der Waals surface area contributed by atoms with Gasteiger partial charge in [-0.05, 0) is 62.2 Å². The van der Waals surface area contributed by atoms with Crippen LogP contribution >= 0.6 is 15.9 Å². The van der Waals surface area contributed by atoms with Gasteiger partial charge in [0.2, 0.25) is 0 Å². The molecule has 0 bridgehead atoms. The van der Waals surface area contributed by atoms with Crippen LogP contribution in [0.15, 0.2) is 76.8 Å². The molecule has 6 nitrogen and oxygen atoms in total. The van der Waals surface area contributed by atoms with Crippen molar-refractivity contribution in [3.05, 3.63) is 99.0 Å². The van der Waals surface area contributed by atoms with Gasteiger partial charge in [-0.15, -0.1) is 0 Å². The van der Waals surface area contributed by atoms with E-state index in [2.05, 4.69) is 15.9 Å². The third-order valence-corrected chi connectivity index (χ3v) is 6.94. The number of rotatable bonds is 7. The van der Waals surface area contributed by atoms with E-state index in [0.29, 0.717) is 22.6 Å². The molecule has 0 aromatic heterocycles. The molecule has 0 spiro atoms. The van der Waals surface area contributed by atoms with Crippen LogP contribution in [0, 0.1) is 6.92 Å². The number of aryl methyl sites for hydroxylation is 1. The van der Waals surface area contributed by atoms with Crippen molar-refractivity contribution in [1.82, 2.24) is 4.90 Å². The maximum Gasteiger partial charge on any atom is 0.295 e. The largest absolute Gasteiger partial charge is 0.507 e. The number of benzene rings is 3. The Bertz CT molecular complexity index is 1350. The van der Waals surface area contributed by atoms with E-state index < -0.39 is 17.7 Å². The molecule has 1 amide bonds. The number of Topliss-reactive ketones (excluding diaryl/α,β-unsaturated/α-hetero) is 1. The van der Waals surface area contributed by atoms with Crippen molar-refractivity contribution in [3.8, 4) is 11.5 Å². The van der Waals surface area contributed by atoms with Crippen LogP contribution in [0.5, 0.6) is 11.5 Å². The van der Waals surface area contributed by atoms with Crippen LogP contribution in [-0.2, 0) is 16.1 Å². The average Bonchev–Trinajstić information content (AvgIpc) is 3.10. The quantitative estimate of drug-likeness (QED) is 0.216. The number of likely N-dealkylation sites (tertiary alicyclic amines) is 1. The summed E-state index contributed by atoms with van der Waals surface area (Å²) in [6.45, 7) is 5.88. The van der Waals surface area contributed by atoms with E-state index in [-0.39, 0.29) is 24.0 Å². The van der Waals surface area contributed by atoms with Gasteiger partial charge in [0.1, 0.15) is 17.3 Å². The van der Waals surface area contributed by atoms with E-state index in [4.69, 9.17) is 9.47 Å². The summed E-state index contributed by atoms with van der Waals surface area (Å²) >= 11 is 3.47. The number of hydrogen-bond donors (Lipinski definition) is 1. The second-order valence-corrected chi connectivity index (χ2v) is 9.80. The van der Waals surface area contributed by atoms with Crippen molar-refractivity contribution in [1.29, 1.82) is 0 Å². The van der Waals surface area contributed by atoms with E-state index >= 15 is 0 Å². The van der Waals surface area contributed by atoms with Crippen molar-refractivity contribution < 1.29 is 24.2 Å². The maximum absolute atomic E-state index is 13.4. The van der Waals surface area contributed by atoms with Gasteiger partial charge in [0.05, 0.1) is 31.4 Å². The second-order valence-electron chi connectivity index (χ2n) is 8.94. The average molecular weight is 550 g/mol. The smallest absolute Gasteiger partial charge is 0.295 e. The van der Waals surface area contributed by atoms with Gasteiger partial charge in [-0.2, -0.15) is 0 Å². The van der Waals surface area contributed by atoms with E-state index in [1.807, 2.05) is 69.3 Å². The molecule has 0 aliphatic carbocycles. The third-order valence-electron chi connectivity index (χ3n) is 6.05. The van der Waals surface area contributed by atoms with Gasteiger partial charge in [-0.1, -0.05) is 52.3 Å². The first-order valence-electron chi connectivity index (χ1n) is 11.6. The minimum Gasteiger partial charge on any atom is -0.507 e. The SMILES string of the molecule is COc1ccccc1CN1C(=O)C(=O)/C(=C(\O)c2ccc(Br)c(C)c2)C1c1cccc(OC(C)C)c1. The number of para-hydroxylation sites is 1. The van der Waals surface area contributed by atoms with Crippen molar-refractivity contribution in [3.63, 3.8) is 0 Å². The lowest BCUT2D eigenvalue weighted by atomic mass is 9.94. The highest BCUT2D eigenvalue weighted by Gasteiger charge is 2.46. The number of carbonyl (C=O) groups excluding carboxylic acids is 2. The van der Waals surface area contributed by atoms with Crippen LogP contribution in [0.4, 0.5) is 0 Å². The number of aliphatic hydroxyl groups is 1. The number of nitrogens with zero attached hydrogens (tertiary/aromatic N) is 1. The highest BCUT2D eigenvalue weighted by molar-refractivity contribution is 9.10. The normalized spacial score (nSPS) is 17.1. The van der Waals surface area contributed by atoms with Gasteiger partial charge in [-0.3, -0.25) is 9.59 Å². The molecule has 3 aromatic carbocycles. The molecule has 1 heterocycles. The van der Waals surface area contributed by atoms with Gasteiger partial charge >= 0.3 is 0 Å². The maximum atomic E-state index is 13.4. The fourth-order valence-corrected chi connectivity index (χ4v) is 4.63. The van der Waals surface area contributed by atoms with Crippen molar-refractivity contribution in [2.75, 3.05) is 7.11 Å². The molecule has 186 valence electrons. The predicted octanol–water partition coefficient (Wildman–Crippen LogP) is 6.18. The molecule has 7 heteroatoms. The molecular formula is C29H28BrNO5. The van der Waals surface area contributed by atoms with Crippen LogP contribution < -0.4 is 9.47 Å². The molecule has 1 N–H and O–H groups in total. The molecule has 36 heavy (non-hydrogen) atoms. The Labute approximate surface area is 219 Å². The molecular weight excluding hydrogens is 522 g/mol. The summed E-state index contributed by atoms with van der Waals surface area (Å²) in [6, 6.07) is 19.1. The van der Waals surface area contributed by atoms with Gasteiger partial charge < -0.3 is 19.5 Å². The molecule has 1 unspecified atom stereocenters. The Morgan fingerprint density at radius 1 is 1.06 bits per heavy atom. The van der Waals surface area contributed by atoms with Crippen LogP contribution in [0.2, 0.25) is 0 Å². The number of hydrogen-bond acceptors (Lipinski definition) is 5. The van der Waals surface area contributed by atoms with Gasteiger partial charge in [-0.25, -0.2) is 0 Å². The monoisotopic (exact) mass is 549 g/mol. The topological polar surface area (TPSA) is 76.1 Å². The van der Waals surface area contributed by atoms with Crippen LogP contribution in [0.1, 0.15) is 42.1 Å². The standard InChI is InChI=1S/C29H28BrNO5/c1-17(2)36-22-10-7-9-19(15-22)26-25(27(32)20-12-13-23(30)18(3)14-20)28(33)29(34)31(26)16-21-8-5-6-11-24(21)35-4/h5-15,17,26,32H,16H2,1-4H3/b27-25-. The molecule has 1 atom stereocenters. The third kappa shape index (κ3) is 5.02. The van der Waals surface area contributed by atoms with Gasteiger partial charge in [0.15, 0.2) is 0 Å². The van der Waals surface area contributed by atoms with Gasteiger partial charge in [0, 0.05) is 15.6 Å². The van der Waals surface area contributed by atoms with E-state index in [1.54, 1.807) is 25.3 Å². The first-order chi connectivity index (χ1) is 17.2. The summed E-state index contributed by atoms with van der Waals surface area (Å²) in [5.41, 5.74) is 2.81. The predicted molar refractivity (Wildman–Crippen MR) is 142 cm³/mol. The van der Waals surface area contributed by atoms with E-state index in [9.17, 15) is 14.7 Å². The first kappa shape index (κ1) is 25.5. The summed E-state index contributed by atoms with van der Waals surface area (Å²) in [5, 5.41) is 11.4. The van der Waals surface area contributed by atoms with E-state index in [0.717, 1.165) is 15.6 Å². The number of halogens is 1. The Morgan fingerprint density at radius 2 is 1.81 bits per heavy atom. The number of methoxy groups -OCH3 is 1. The van der Waals surface area contributed by atoms with Crippen LogP contribution in [0.3, 0.4) is 0 Å². The fourth-order valence-electron chi connectivity index (χ4n) is 4.38. The number of ketones is 1. The lowest BCUT2D eigenvalue weighted by molar-refractivity contribution is -0.140.